The SMILES string of the molecule is O=C(O)/C=C/c1ccc(C(=O)NCC2(C3CC3)CC2)s1. The molecule has 0 spiro atoms. The number of hydrogen-bond acceptors (Lipinski definition) is 3. The first kappa shape index (κ1) is 13.4. The molecule has 3 rings (SSSR count). The summed E-state index contributed by atoms with van der Waals surface area (Å²) in [4.78, 5) is 23.9. The number of carboxylic acids is 1. The Labute approximate surface area is 121 Å². The molecule has 1 aromatic rings. The van der Waals surface area contributed by atoms with Crippen LogP contribution in [0.2, 0.25) is 0 Å². The van der Waals surface area contributed by atoms with Crippen molar-refractivity contribution < 1.29 is 14.7 Å². The van der Waals surface area contributed by atoms with Crippen molar-refractivity contribution in [2.45, 2.75) is 25.7 Å². The van der Waals surface area contributed by atoms with Crippen LogP contribution >= 0.6 is 11.3 Å². The molecule has 2 aliphatic rings. The molecule has 2 fully saturated rings. The van der Waals surface area contributed by atoms with E-state index in [0.29, 0.717) is 10.3 Å². The van der Waals surface area contributed by atoms with E-state index in [-0.39, 0.29) is 5.91 Å². The Morgan fingerprint density at radius 2 is 2.15 bits per heavy atom. The van der Waals surface area contributed by atoms with Gasteiger partial charge in [0, 0.05) is 17.5 Å². The summed E-state index contributed by atoms with van der Waals surface area (Å²) >= 11 is 1.32. The fraction of sp³-hybridized carbons (Fsp3) is 0.467. The Kier molecular flexibility index (Phi) is 3.38. The Bertz CT molecular complexity index is 567. The van der Waals surface area contributed by atoms with Gasteiger partial charge in [-0.1, -0.05) is 0 Å². The van der Waals surface area contributed by atoms with Crippen LogP contribution in [0.5, 0.6) is 0 Å². The highest BCUT2D eigenvalue weighted by Crippen LogP contribution is 2.60. The number of nitrogens with one attached hydrogen (secondary N) is 1. The maximum Gasteiger partial charge on any atom is 0.328 e. The summed E-state index contributed by atoms with van der Waals surface area (Å²) in [6, 6.07) is 3.52. The Morgan fingerprint density at radius 3 is 2.75 bits per heavy atom. The highest BCUT2D eigenvalue weighted by Gasteiger charge is 2.53. The van der Waals surface area contributed by atoms with Gasteiger partial charge in [0.05, 0.1) is 4.88 Å². The number of hydrogen-bond donors (Lipinski definition) is 2. The van der Waals surface area contributed by atoms with Crippen molar-refractivity contribution in [3.05, 3.63) is 28.0 Å². The van der Waals surface area contributed by atoms with Crippen molar-refractivity contribution in [1.29, 1.82) is 0 Å². The van der Waals surface area contributed by atoms with E-state index < -0.39 is 5.97 Å². The zero-order valence-corrected chi connectivity index (χ0v) is 11.9. The van der Waals surface area contributed by atoms with Crippen LogP contribution in [0.1, 0.15) is 40.2 Å². The topological polar surface area (TPSA) is 66.4 Å². The second-order valence-electron chi connectivity index (χ2n) is 5.69. The monoisotopic (exact) mass is 291 g/mol. The van der Waals surface area contributed by atoms with Gasteiger partial charge in [0.1, 0.15) is 0 Å². The molecule has 0 atom stereocenters. The van der Waals surface area contributed by atoms with E-state index in [4.69, 9.17) is 5.11 Å². The first-order chi connectivity index (χ1) is 9.59. The van der Waals surface area contributed by atoms with Gasteiger partial charge in [-0.2, -0.15) is 0 Å². The molecule has 20 heavy (non-hydrogen) atoms. The second kappa shape index (κ2) is 5.05. The molecule has 106 valence electrons. The van der Waals surface area contributed by atoms with E-state index >= 15 is 0 Å². The van der Waals surface area contributed by atoms with Crippen molar-refractivity contribution >= 4 is 29.3 Å². The highest BCUT2D eigenvalue weighted by molar-refractivity contribution is 7.14. The average molecular weight is 291 g/mol. The van der Waals surface area contributed by atoms with Gasteiger partial charge < -0.3 is 10.4 Å². The smallest absolute Gasteiger partial charge is 0.328 e. The summed E-state index contributed by atoms with van der Waals surface area (Å²) < 4.78 is 0. The summed E-state index contributed by atoms with van der Waals surface area (Å²) in [7, 11) is 0. The normalized spacial score (nSPS) is 20.0. The van der Waals surface area contributed by atoms with Gasteiger partial charge in [0.15, 0.2) is 0 Å². The standard InChI is InChI=1S/C15H17NO3S/c17-13(18)6-4-11-3-5-12(20-11)14(19)16-9-15(7-8-15)10-1-2-10/h3-6,10H,1-2,7-9H2,(H,16,19)(H,17,18)/b6-4+. The number of amides is 1. The number of rotatable bonds is 6. The minimum atomic E-state index is -0.982. The molecular weight excluding hydrogens is 274 g/mol. The minimum absolute atomic E-state index is 0.0445. The van der Waals surface area contributed by atoms with E-state index in [9.17, 15) is 9.59 Å². The zero-order valence-electron chi connectivity index (χ0n) is 11.1. The lowest BCUT2D eigenvalue weighted by Crippen LogP contribution is -2.30. The van der Waals surface area contributed by atoms with Crippen molar-refractivity contribution in [2.24, 2.45) is 11.3 Å². The summed E-state index contributed by atoms with van der Waals surface area (Å²) in [5, 5.41) is 11.6. The lowest BCUT2D eigenvalue weighted by Gasteiger charge is -2.14. The maximum atomic E-state index is 12.1. The first-order valence-corrected chi connectivity index (χ1v) is 7.70. The number of carbonyl (C=O) groups is 2. The quantitative estimate of drug-likeness (QED) is 0.792. The summed E-state index contributed by atoms with van der Waals surface area (Å²) in [6.07, 6.45) is 7.72. The Hall–Kier alpha value is -1.62. The average Bonchev–Trinajstić information content (AvgIpc) is 3.31. The molecule has 2 aliphatic carbocycles. The molecule has 2 saturated carbocycles. The molecule has 4 nitrogen and oxygen atoms in total. The van der Waals surface area contributed by atoms with Gasteiger partial charge in [0.2, 0.25) is 0 Å². The molecule has 0 aromatic carbocycles. The van der Waals surface area contributed by atoms with Gasteiger partial charge in [-0.15, -0.1) is 11.3 Å². The molecule has 0 bridgehead atoms. The highest BCUT2D eigenvalue weighted by atomic mass is 32.1. The molecule has 2 N–H and O–H groups in total. The largest absolute Gasteiger partial charge is 0.478 e. The van der Waals surface area contributed by atoms with Gasteiger partial charge >= 0.3 is 5.97 Å². The second-order valence-corrected chi connectivity index (χ2v) is 6.81. The molecule has 0 aliphatic heterocycles. The van der Waals surface area contributed by atoms with Crippen LogP contribution in [0, 0.1) is 11.3 Å². The van der Waals surface area contributed by atoms with E-state index in [1.165, 1.54) is 43.1 Å². The van der Waals surface area contributed by atoms with Crippen LogP contribution in [-0.4, -0.2) is 23.5 Å². The molecule has 1 amide bonds. The molecule has 0 unspecified atom stereocenters. The predicted octanol–water partition coefficient (Wildman–Crippen LogP) is 2.77. The van der Waals surface area contributed by atoms with Crippen molar-refractivity contribution in [2.75, 3.05) is 6.54 Å². The molecule has 5 heteroatoms. The Balaban J connectivity index is 1.56. The summed E-state index contributed by atoms with van der Waals surface area (Å²) in [5.41, 5.74) is 0.402. The number of carboxylic acid groups (broad SMARTS) is 1. The lowest BCUT2D eigenvalue weighted by atomic mass is 10.0. The van der Waals surface area contributed by atoms with E-state index in [1.807, 2.05) is 0 Å². The predicted molar refractivity (Wildman–Crippen MR) is 77.7 cm³/mol. The van der Waals surface area contributed by atoms with Gasteiger partial charge in [0.25, 0.3) is 5.91 Å². The van der Waals surface area contributed by atoms with E-state index in [1.54, 1.807) is 12.1 Å². The van der Waals surface area contributed by atoms with Crippen LogP contribution in [0.25, 0.3) is 6.08 Å². The third-order valence-electron chi connectivity index (χ3n) is 4.18. The third-order valence-corrected chi connectivity index (χ3v) is 5.23. The van der Waals surface area contributed by atoms with Crippen LogP contribution in [-0.2, 0) is 4.79 Å². The van der Waals surface area contributed by atoms with Crippen LogP contribution < -0.4 is 5.32 Å². The first-order valence-electron chi connectivity index (χ1n) is 6.88. The Morgan fingerprint density at radius 1 is 1.40 bits per heavy atom. The van der Waals surface area contributed by atoms with Gasteiger partial charge in [-0.25, -0.2) is 4.79 Å². The molecule has 0 radical (unpaired) electrons. The van der Waals surface area contributed by atoms with Gasteiger partial charge in [-0.05, 0) is 55.2 Å². The van der Waals surface area contributed by atoms with Gasteiger partial charge in [-0.3, -0.25) is 4.79 Å². The van der Waals surface area contributed by atoms with Crippen LogP contribution in [0.4, 0.5) is 0 Å². The van der Waals surface area contributed by atoms with Crippen molar-refractivity contribution in [3.63, 3.8) is 0 Å². The van der Waals surface area contributed by atoms with E-state index in [2.05, 4.69) is 5.32 Å². The van der Waals surface area contributed by atoms with Crippen molar-refractivity contribution in [3.8, 4) is 0 Å². The molecule has 0 saturated heterocycles. The molecule has 1 aromatic heterocycles. The fourth-order valence-electron chi connectivity index (χ4n) is 2.65. The number of carbonyl (C=O) groups excluding carboxylic acids is 1. The maximum absolute atomic E-state index is 12.1. The van der Waals surface area contributed by atoms with E-state index in [0.717, 1.165) is 23.4 Å². The van der Waals surface area contributed by atoms with Crippen molar-refractivity contribution in [1.82, 2.24) is 5.32 Å². The lowest BCUT2D eigenvalue weighted by molar-refractivity contribution is -0.131. The number of aliphatic carboxylic acids is 1. The zero-order chi connectivity index (χ0) is 14.2. The minimum Gasteiger partial charge on any atom is -0.478 e. The van der Waals surface area contributed by atoms with Crippen LogP contribution in [0.15, 0.2) is 18.2 Å². The summed E-state index contributed by atoms with van der Waals surface area (Å²) in [5.74, 6) is -0.193. The molecule has 1 heterocycles. The summed E-state index contributed by atoms with van der Waals surface area (Å²) in [6.45, 7) is 0.786. The third kappa shape index (κ3) is 2.93. The van der Waals surface area contributed by atoms with Crippen LogP contribution in [0.3, 0.4) is 0 Å². The fourth-order valence-corrected chi connectivity index (χ4v) is 3.47. The number of thiophene rings is 1. The molecular formula is C15H17NO3S.